The Hall–Kier alpha value is -2.62. The van der Waals surface area contributed by atoms with E-state index in [1.54, 1.807) is 12.4 Å². The van der Waals surface area contributed by atoms with Crippen molar-refractivity contribution in [2.24, 2.45) is 7.05 Å². The molecule has 0 aliphatic heterocycles. The van der Waals surface area contributed by atoms with Gasteiger partial charge in [0.25, 0.3) is 0 Å². The molecule has 4 nitrogen and oxygen atoms in total. The number of fused-ring (bicyclic) bond motifs is 1. The molecule has 1 N–H and O–H groups in total. The van der Waals surface area contributed by atoms with Crippen molar-refractivity contribution in [1.82, 2.24) is 14.9 Å². The maximum Gasteiger partial charge on any atom is 0.220 e. The molecule has 0 radical (unpaired) electrons. The maximum atomic E-state index is 11.9. The number of nitrogens with zero attached hydrogens (tertiary/aromatic N) is 2. The van der Waals surface area contributed by atoms with Crippen molar-refractivity contribution < 1.29 is 4.79 Å². The molecule has 0 spiro atoms. The minimum atomic E-state index is 0.0740. The zero-order valence-electron chi connectivity index (χ0n) is 12.6. The summed E-state index contributed by atoms with van der Waals surface area (Å²) in [6.07, 6.45) is 6.78. The van der Waals surface area contributed by atoms with E-state index in [0.717, 1.165) is 12.0 Å². The summed E-state index contributed by atoms with van der Waals surface area (Å²) in [5, 5.41) is 4.16. The Morgan fingerprint density at radius 1 is 1.14 bits per heavy atom. The van der Waals surface area contributed by atoms with Crippen LogP contribution in [0.2, 0.25) is 0 Å². The van der Waals surface area contributed by atoms with Gasteiger partial charge in [-0.2, -0.15) is 0 Å². The van der Waals surface area contributed by atoms with Crippen molar-refractivity contribution in [1.29, 1.82) is 0 Å². The summed E-state index contributed by atoms with van der Waals surface area (Å²) in [6.45, 7) is 0.555. The third-order valence-electron chi connectivity index (χ3n) is 3.83. The highest BCUT2D eigenvalue weighted by molar-refractivity contribution is 5.81. The first-order valence-electron chi connectivity index (χ1n) is 7.42. The molecule has 4 heteroatoms. The third-order valence-corrected chi connectivity index (χ3v) is 3.83. The molecule has 0 saturated carbocycles. The van der Waals surface area contributed by atoms with Crippen LogP contribution in [0.25, 0.3) is 10.9 Å². The van der Waals surface area contributed by atoms with Crippen molar-refractivity contribution >= 4 is 16.8 Å². The lowest BCUT2D eigenvalue weighted by molar-refractivity contribution is -0.121. The van der Waals surface area contributed by atoms with Crippen LogP contribution in [0.5, 0.6) is 0 Å². The van der Waals surface area contributed by atoms with Crippen LogP contribution in [-0.2, 0) is 24.8 Å². The predicted octanol–water partition coefficient (Wildman–Crippen LogP) is 2.82. The highest BCUT2D eigenvalue weighted by Gasteiger charge is 2.04. The van der Waals surface area contributed by atoms with Crippen LogP contribution in [0.15, 0.2) is 55.0 Å². The molecule has 2 heterocycles. The summed E-state index contributed by atoms with van der Waals surface area (Å²) in [7, 11) is 2.04. The first-order chi connectivity index (χ1) is 10.7. The number of aromatic nitrogens is 2. The van der Waals surface area contributed by atoms with Crippen LogP contribution in [0, 0.1) is 0 Å². The number of benzene rings is 1. The monoisotopic (exact) mass is 293 g/mol. The van der Waals surface area contributed by atoms with E-state index in [1.807, 2.05) is 19.2 Å². The molecular formula is C18H19N3O. The van der Waals surface area contributed by atoms with Crippen LogP contribution >= 0.6 is 0 Å². The highest BCUT2D eigenvalue weighted by atomic mass is 16.1. The van der Waals surface area contributed by atoms with E-state index in [0.29, 0.717) is 13.0 Å². The summed E-state index contributed by atoms with van der Waals surface area (Å²) >= 11 is 0. The lowest BCUT2D eigenvalue weighted by Crippen LogP contribution is -2.22. The third kappa shape index (κ3) is 3.34. The average Bonchev–Trinajstić information content (AvgIpc) is 2.93. The van der Waals surface area contributed by atoms with Gasteiger partial charge < -0.3 is 9.88 Å². The zero-order chi connectivity index (χ0) is 15.4. The van der Waals surface area contributed by atoms with Gasteiger partial charge in [-0.1, -0.05) is 6.07 Å². The van der Waals surface area contributed by atoms with Gasteiger partial charge in [-0.25, -0.2) is 0 Å². The zero-order valence-corrected chi connectivity index (χ0v) is 12.6. The molecule has 0 aliphatic rings. The van der Waals surface area contributed by atoms with E-state index < -0.39 is 0 Å². The maximum absolute atomic E-state index is 11.9. The number of carbonyl (C=O) groups excluding carboxylic acids is 1. The number of amides is 1. The van der Waals surface area contributed by atoms with Crippen LogP contribution in [0.3, 0.4) is 0 Å². The molecule has 22 heavy (non-hydrogen) atoms. The number of nitrogens with one attached hydrogen (secondary N) is 1. The van der Waals surface area contributed by atoms with Gasteiger partial charge in [-0.05, 0) is 53.3 Å². The van der Waals surface area contributed by atoms with Crippen molar-refractivity contribution in [3.63, 3.8) is 0 Å². The molecule has 0 unspecified atom stereocenters. The molecule has 0 atom stereocenters. The number of aryl methyl sites for hydroxylation is 2. The molecule has 0 saturated heterocycles. The van der Waals surface area contributed by atoms with Gasteiger partial charge in [0.1, 0.15) is 0 Å². The SMILES string of the molecule is Cn1ccc2cc(CCC(=O)NCc3ccncc3)ccc21. The van der Waals surface area contributed by atoms with E-state index in [1.165, 1.54) is 16.5 Å². The summed E-state index contributed by atoms with van der Waals surface area (Å²) in [6, 6.07) is 12.3. The quantitative estimate of drug-likeness (QED) is 0.786. The first-order valence-corrected chi connectivity index (χ1v) is 7.42. The van der Waals surface area contributed by atoms with E-state index in [-0.39, 0.29) is 5.91 Å². The second-order valence-electron chi connectivity index (χ2n) is 5.45. The minimum Gasteiger partial charge on any atom is -0.352 e. The Balaban J connectivity index is 1.53. The number of rotatable bonds is 5. The van der Waals surface area contributed by atoms with Gasteiger partial charge in [0.15, 0.2) is 0 Å². The van der Waals surface area contributed by atoms with Crippen LogP contribution in [-0.4, -0.2) is 15.5 Å². The molecular weight excluding hydrogens is 274 g/mol. The highest BCUT2D eigenvalue weighted by Crippen LogP contribution is 2.17. The summed E-state index contributed by atoms with van der Waals surface area (Å²) in [5.41, 5.74) is 3.47. The van der Waals surface area contributed by atoms with Gasteiger partial charge in [-0.15, -0.1) is 0 Å². The minimum absolute atomic E-state index is 0.0740. The molecule has 3 rings (SSSR count). The summed E-state index contributed by atoms with van der Waals surface area (Å²) in [4.78, 5) is 15.9. The molecule has 3 aromatic rings. The van der Waals surface area contributed by atoms with Crippen LogP contribution in [0.4, 0.5) is 0 Å². The molecule has 2 aromatic heterocycles. The van der Waals surface area contributed by atoms with E-state index >= 15 is 0 Å². The summed E-state index contributed by atoms with van der Waals surface area (Å²) < 4.78 is 2.10. The topological polar surface area (TPSA) is 46.9 Å². The van der Waals surface area contributed by atoms with Gasteiger partial charge in [0.2, 0.25) is 5.91 Å². The largest absolute Gasteiger partial charge is 0.352 e. The number of carbonyl (C=O) groups is 1. The molecule has 1 amide bonds. The Labute approximate surface area is 129 Å². The van der Waals surface area contributed by atoms with E-state index in [4.69, 9.17) is 0 Å². The van der Waals surface area contributed by atoms with Crippen molar-refractivity contribution in [2.75, 3.05) is 0 Å². The second-order valence-corrected chi connectivity index (χ2v) is 5.45. The predicted molar refractivity (Wildman–Crippen MR) is 87.3 cm³/mol. The smallest absolute Gasteiger partial charge is 0.220 e. The Morgan fingerprint density at radius 3 is 2.77 bits per heavy atom. The standard InChI is InChI=1S/C18H19N3O/c1-21-11-8-16-12-14(2-4-17(16)21)3-5-18(22)20-13-15-6-9-19-10-7-15/h2,4,6-12H,3,5,13H2,1H3,(H,20,22). The molecule has 0 aliphatic carbocycles. The van der Waals surface area contributed by atoms with Crippen molar-refractivity contribution in [3.05, 3.63) is 66.1 Å². The Morgan fingerprint density at radius 2 is 1.95 bits per heavy atom. The Bertz CT molecular complexity index is 777. The van der Waals surface area contributed by atoms with Crippen molar-refractivity contribution in [3.8, 4) is 0 Å². The lowest BCUT2D eigenvalue weighted by atomic mass is 10.1. The van der Waals surface area contributed by atoms with E-state index in [2.05, 4.69) is 45.3 Å². The molecule has 0 bridgehead atoms. The second kappa shape index (κ2) is 6.43. The van der Waals surface area contributed by atoms with Gasteiger partial charge in [0.05, 0.1) is 0 Å². The fraction of sp³-hybridized carbons (Fsp3) is 0.222. The fourth-order valence-corrected chi connectivity index (χ4v) is 2.53. The number of hydrogen-bond donors (Lipinski definition) is 1. The van der Waals surface area contributed by atoms with Crippen molar-refractivity contribution in [2.45, 2.75) is 19.4 Å². The number of pyridine rings is 1. The van der Waals surface area contributed by atoms with Gasteiger partial charge in [0, 0.05) is 44.1 Å². The van der Waals surface area contributed by atoms with Gasteiger partial charge in [-0.3, -0.25) is 9.78 Å². The van der Waals surface area contributed by atoms with Gasteiger partial charge >= 0.3 is 0 Å². The first kappa shape index (κ1) is 14.3. The molecule has 0 fully saturated rings. The number of hydrogen-bond acceptors (Lipinski definition) is 2. The lowest BCUT2D eigenvalue weighted by Gasteiger charge is -2.06. The Kier molecular flexibility index (Phi) is 4.19. The molecule has 1 aromatic carbocycles. The van der Waals surface area contributed by atoms with Crippen LogP contribution < -0.4 is 5.32 Å². The van der Waals surface area contributed by atoms with E-state index in [9.17, 15) is 4.79 Å². The summed E-state index contributed by atoms with van der Waals surface area (Å²) in [5.74, 6) is 0.0740. The molecule has 112 valence electrons. The van der Waals surface area contributed by atoms with Crippen LogP contribution in [0.1, 0.15) is 17.5 Å². The fourth-order valence-electron chi connectivity index (χ4n) is 2.53. The normalized spacial score (nSPS) is 10.8. The average molecular weight is 293 g/mol.